The number of aryl methyl sites for hydroxylation is 1. The van der Waals surface area contributed by atoms with Crippen LogP contribution in [0.1, 0.15) is 40.8 Å². The summed E-state index contributed by atoms with van der Waals surface area (Å²) in [5.41, 5.74) is 0.934. The number of rotatable bonds is 2. The molecule has 2 aliphatic rings. The Morgan fingerprint density at radius 3 is 2.82 bits per heavy atom. The number of hydrogen-bond donors (Lipinski definition) is 0. The Labute approximate surface area is 106 Å². The summed E-state index contributed by atoms with van der Waals surface area (Å²) in [4.78, 5) is 8.32. The van der Waals surface area contributed by atoms with Gasteiger partial charge in [-0.25, -0.2) is 4.98 Å². The molecule has 1 atom stereocenters. The number of thiazole rings is 1. The second kappa shape index (κ2) is 3.79. The molecule has 0 aromatic carbocycles. The molecule has 1 aliphatic heterocycles. The number of aromatic nitrogens is 1. The fourth-order valence-electron chi connectivity index (χ4n) is 2.69. The van der Waals surface area contributed by atoms with Crippen LogP contribution in [-0.4, -0.2) is 30.0 Å². The van der Waals surface area contributed by atoms with E-state index in [2.05, 4.69) is 24.9 Å². The summed E-state index contributed by atoms with van der Waals surface area (Å²) < 4.78 is 0. The molecule has 3 nitrogen and oxygen atoms in total. The lowest BCUT2D eigenvalue weighted by Crippen LogP contribution is -2.13. The Balaban J connectivity index is 1.89. The fourth-order valence-corrected chi connectivity index (χ4v) is 4.08. The zero-order chi connectivity index (χ0) is 12.0. The monoisotopic (exact) mass is 247 g/mol. The SMILES string of the molecule is Cc1nc(C2CCN(C)C2)sc1C1(C#N)CC1. The van der Waals surface area contributed by atoms with Gasteiger partial charge in [0.15, 0.2) is 0 Å². The second-order valence-corrected chi connectivity index (χ2v) is 6.44. The molecule has 1 aromatic rings. The molecule has 3 rings (SSSR count). The summed E-state index contributed by atoms with van der Waals surface area (Å²) in [5, 5.41) is 10.5. The molecule has 0 bridgehead atoms. The fraction of sp³-hybridized carbons (Fsp3) is 0.692. The van der Waals surface area contributed by atoms with Crippen LogP contribution in [0.5, 0.6) is 0 Å². The predicted octanol–water partition coefficient (Wildman–Crippen LogP) is 2.43. The van der Waals surface area contributed by atoms with Gasteiger partial charge in [-0.15, -0.1) is 11.3 Å². The van der Waals surface area contributed by atoms with Crippen molar-refractivity contribution in [2.75, 3.05) is 20.1 Å². The standard InChI is InChI=1S/C13H17N3S/c1-9-11(13(8-14)4-5-13)17-12(15-9)10-3-6-16(2)7-10/h10H,3-7H2,1-2H3. The number of likely N-dealkylation sites (tertiary alicyclic amines) is 1. The van der Waals surface area contributed by atoms with Gasteiger partial charge in [-0.05, 0) is 39.8 Å². The zero-order valence-corrected chi connectivity index (χ0v) is 11.2. The molecule has 4 heteroatoms. The molecule has 1 unspecified atom stereocenters. The van der Waals surface area contributed by atoms with E-state index in [1.165, 1.54) is 22.9 Å². The van der Waals surface area contributed by atoms with E-state index < -0.39 is 0 Å². The van der Waals surface area contributed by atoms with E-state index in [9.17, 15) is 5.26 Å². The first-order chi connectivity index (χ1) is 8.14. The van der Waals surface area contributed by atoms with Crippen molar-refractivity contribution in [2.24, 2.45) is 0 Å². The lowest BCUT2D eigenvalue weighted by Gasteiger charge is -2.06. The summed E-state index contributed by atoms with van der Waals surface area (Å²) in [6, 6.07) is 2.48. The number of likely N-dealkylation sites (N-methyl/N-ethyl adjacent to an activating group) is 1. The third kappa shape index (κ3) is 1.78. The summed E-state index contributed by atoms with van der Waals surface area (Å²) in [6.45, 7) is 4.35. The van der Waals surface area contributed by atoms with E-state index in [1.807, 2.05) is 0 Å². The summed E-state index contributed by atoms with van der Waals surface area (Å²) in [7, 11) is 2.17. The minimum absolute atomic E-state index is 0.162. The van der Waals surface area contributed by atoms with Gasteiger partial charge in [-0.3, -0.25) is 0 Å². The minimum Gasteiger partial charge on any atom is -0.306 e. The van der Waals surface area contributed by atoms with Gasteiger partial charge < -0.3 is 4.90 Å². The Hall–Kier alpha value is -0.920. The van der Waals surface area contributed by atoms with Gasteiger partial charge >= 0.3 is 0 Å². The van der Waals surface area contributed by atoms with Gasteiger partial charge in [0, 0.05) is 17.3 Å². The molecule has 1 saturated heterocycles. The molecular formula is C13H17N3S. The number of hydrogen-bond acceptors (Lipinski definition) is 4. The van der Waals surface area contributed by atoms with Crippen LogP contribution >= 0.6 is 11.3 Å². The van der Waals surface area contributed by atoms with Crippen molar-refractivity contribution in [1.82, 2.24) is 9.88 Å². The van der Waals surface area contributed by atoms with Crippen molar-refractivity contribution in [3.63, 3.8) is 0 Å². The second-order valence-electron chi connectivity index (χ2n) is 5.41. The van der Waals surface area contributed by atoms with Crippen LogP contribution in [-0.2, 0) is 5.41 Å². The highest BCUT2D eigenvalue weighted by Gasteiger charge is 2.48. The van der Waals surface area contributed by atoms with E-state index in [-0.39, 0.29) is 5.41 Å². The van der Waals surface area contributed by atoms with Gasteiger partial charge in [0.1, 0.15) is 0 Å². The van der Waals surface area contributed by atoms with Crippen molar-refractivity contribution < 1.29 is 0 Å². The Morgan fingerprint density at radius 2 is 2.29 bits per heavy atom. The molecule has 0 N–H and O–H groups in total. The van der Waals surface area contributed by atoms with Crippen molar-refractivity contribution >= 4 is 11.3 Å². The Bertz CT molecular complexity index is 481. The van der Waals surface area contributed by atoms with Crippen molar-refractivity contribution in [3.05, 3.63) is 15.6 Å². The average molecular weight is 247 g/mol. The van der Waals surface area contributed by atoms with Gasteiger partial charge in [0.05, 0.1) is 22.2 Å². The van der Waals surface area contributed by atoms with E-state index in [0.29, 0.717) is 5.92 Å². The molecule has 2 fully saturated rings. The molecule has 17 heavy (non-hydrogen) atoms. The van der Waals surface area contributed by atoms with Gasteiger partial charge in [0.2, 0.25) is 0 Å². The van der Waals surface area contributed by atoms with Crippen LogP contribution in [0.3, 0.4) is 0 Å². The highest BCUT2D eigenvalue weighted by molar-refractivity contribution is 7.12. The quantitative estimate of drug-likeness (QED) is 0.806. The third-order valence-electron chi connectivity index (χ3n) is 3.95. The molecule has 0 radical (unpaired) electrons. The average Bonchev–Trinajstić information content (AvgIpc) is 2.83. The van der Waals surface area contributed by atoms with E-state index in [4.69, 9.17) is 4.98 Å². The predicted molar refractivity (Wildman–Crippen MR) is 68.2 cm³/mol. The normalized spacial score (nSPS) is 27.0. The zero-order valence-electron chi connectivity index (χ0n) is 10.4. The van der Waals surface area contributed by atoms with E-state index in [0.717, 1.165) is 25.1 Å². The molecule has 90 valence electrons. The first-order valence-electron chi connectivity index (χ1n) is 6.22. The maximum Gasteiger partial charge on any atom is 0.0975 e. The van der Waals surface area contributed by atoms with Crippen LogP contribution in [0.15, 0.2) is 0 Å². The maximum absolute atomic E-state index is 9.27. The summed E-state index contributed by atoms with van der Waals surface area (Å²) in [5.74, 6) is 0.590. The molecular weight excluding hydrogens is 230 g/mol. The minimum atomic E-state index is -0.162. The van der Waals surface area contributed by atoms with Crippen molar-refractivity contribution in [3.8, 4) is 6.07 Å². The maximum atomic E-state index is 9.27. The van der Waals surface area contributed by atoms with Crippen molar-refractivity contribution in [2.45, 2.75) is 37.5 Å². The van der Waals surface area contributed by atoms with Gasteiger partial charge in [-0.1, -0.05) is 0 Å². The molecule has 0 amide bonds. The van der Waals surface area contributed by atoms with Gasteiger partial charge in [-0.2, -0.15) is 5.26 Å². The highest BCUT2D eigenvalue weighted by Crippen LogP contribution is 2.51. The summed E-state index contributed by atoms with van der Waals surface area (Å²) in [6.07, 6.45) is 3.26. The van der Waals surface area contributed by atoms with E-state index >= 15 is 0 Å². The Kier molecular flexibility index (Phi) is 2.49. The largest absolute Gasteiger partial charge is 0.306 e. The molecule has 1 aromatic heterocycles. The lowest BCUT2D eigenvalue weighted by atomic mass is 10.1. The van der Waals surface area contributed by atoms with Crippen LogP contribution in [0, 0.1) is 18.3 Å². The van der Waals surface area contributed by atoms with E-state index in [1.54, 1.807) is 11.3 Å². The smallest absolute Gasteiger partial charge is 0.0975 e. The number of nitrogens with zero attached hydrogens (tertiary/aromatic N) is 3. The topological polar surface area (TPSA) is 39.9 Å². The molecule has 0 spiro atoms. The Morgan fingerprint density at radius 1 is 1.53 bits per heavy atom. The highest BCUT2D eigenvalue weighted by atomic mass is 32.1. The lowest BCUT2D eigenvalue weighted by molar-refractivity contribution is 0.411. The van der Waals surface area contributed by atoms with Crippen LogP contribution in [0.4, 0.5) is 0 Å². The van der Waals surface area contributed by atoms with Crippen molar-refractivity contribution in [1.29, 1.82) is 5.26 Å². The number of nitriles is 1. The van der Waals surface area contributed by atoms with Crippen LogP contribution < -0.4 is 0 Å². The molecule has 1 aliphatic carbocycles. The molecule has 2 heterocycles. The third-order valence-corrected chi connectivity index (χ3v) is 5.48. The van der Waals surface area contributed by atoms with Crippen LogP contribution in [0.2, 0.25) is 0 Å². The first-order valence-corrected chi connectivity index (χ1v) is 7.04. The molecule has 1 saturated carbocycles. The van der Waals surface area contributed by atoms with Crippen LogP contribution in [0.25, 0.3) is 0 Å². The summed E-state index contributed by atoms with van der Waals surface area (Å²) >= 11 is 1.79. The first kappa shape index (κ1) is 11.2. The van der Waals surface area contributed by atoms with Gasteiger partial charge in [0.25, 0.3) is 0 Å².